The van der Waals surface area contributed by atoms with E-state index < -0.39 is 31.0 Å². The Bertz CT molecular complexity index is 640. The Hall–Kier alpha value is -1.76. The minimum absolute atomic E-state index is 0.121. The zero-order valence-electron chi connectivity index (χ0n) is 13.6. The first kappa shape index (κ1) is 18.6. The summed E-state index contributed by atoms with van der Waals surface area (Å²) in [5, 5.41) is 47.8. The first-order valence-electron chi connectivity index (χ1n) is 7.91. The van der Waals surface area contributed by atoms with Crippen molar-refractivity contribution < 1.29 is 25.5 Å². The number of benzene rings is 2. The molecular weight excluding hydrogens is 308 g/mol. The van der Waals surface area contributed by atoms with Crippen LogP contribution in [0, 0.1) is 6.92 Å². The highest BCUT2D eigenvalue weighted by atomic mass is 16.4. The fourth-order valence-electron chi connectivity index (χ4n) is 2.55. The van der Waals surface area contributed by atoms with Crippen LogP contribution in [0.4, 0.5) is 0 Å². The zero-order valence-corrected chi connectivity index (χ0v) is 13.6. The molecule has 0 saturated carbocycles. The van der Waals surface area contributed by atoms with E-state index in [0.717, 1.165) is 16.7 Å². The van der Waals surface area contributed by atoms with Crippen LogP contribution in [0.5, 0.6) is 0 Å². The Balaban J connectivity index is 2.10. The smallest absolute Gasteiger partial charge is 0.110 e. The molecular formula is C19H24O5. The molecule has 2 rings (SSSR count). The van der Waals surface area contributed by atoms with E-state index in [1.54, 1.807) is 0 Å². The Morgan fingerprint density at radius 1 is 0.792 bits per heavy atom. The maximum Gasteiger partial charge on any atom is 0.110 e. The molecule has 2 aromatic carbocycles. The average molecular weight is 332 g/mol. The summed E-state index contributed by atoms with van der Waals surface area (Å²) in [6.45, 7) is 1.33. The van der Waals surface area contributed by atoms with Gasteiger partial charge in [0.25, 0.3) is 0 Å². The molecule has 0 aliphatic heterocycles. The van der Waals surface area contributed by atoms with Crippen molar-refractivity contribution in [3.05, 3.63) is 59.7 Å². The van der Waals surface area contributed by atoms with E-state index in [1.165, 1.54) is 5.56 Å². The topological polar surface area (TPSA) is 101 Å². The van der Waals surface area contributed by atoms with Crippen molar-refractivity contribution in [1.29, 1.82) is 0 Å². The van der Waals surface area contributed by atoms with E-state index in [2.05, 4.69) is 0 Å². The maximum atomic E-state index is 10.1. The third-order valence-corrected chi connectivity index (χ3v) is 4.08. The molecule has 4 unspecified atom stereocenters. The van der Waals surface area contributed by atoms with Gasteiger partial charge in [0.2, 0.25) is 0 Å². The van der Waals surface area contributed by atoms with Gasteiger partial charge in [0.1, 0.15) is 18.3 Å². The van der Waals surface area contributed by atoms with Crippen LogP contribution in [0.2, 0.25) is 0 Å². The summed E-state index contributed by atoms with van der Waals surface area (Å²) in [4.78, 5) is 0. The maximum absolute atomic E-state index is 10.1. The van der Waals surface area contributed by atoms with Crippen molar-refractivity contribution in [3.8, 4) is 11.1 Å². The predicted octanol–water partition coefficient (Wildman–Crippen LogP) is 0.640. The van der Waals surface area contributed by atoms with E-state index >= 15 is 0 Å². The van der Waals surface area contributed by atoms with E-state index in [4.69, 9.17) is 5.11 Å². The van der Waals surface area contributed by atoms with Crippen molar-refractivity contribution in [2.75, 3.05) is 6.61 Å². The van der Waals surface area contributed by atoms with Gasteiger partial charge in [-0.05, 0) is 23.6 Å². The van der Waals surface area contributed by atoms with Gasteiger partial charge < -0.3 is 25.5 Å². The van der Waals surface area contributed by atoms with E-state index in [-0.39, 0.29) is 6.42 Å². The lowest BCUT2D eigenvalue weighted by Gasteiger charge is -2.25. The standard InChI is InChI=1S/C19H24O5/c1-12-5-7-14(8-6-12)15-4-2-3-13(9-15)10-16(21)18(23)19(24)17(22)11-20/h2-9,16-24H,10-11H2,1H3. The monoisotopic (exact) mass is 332 g/mol. The molecule has 5 nitrogen and oxygen atoms in total. The second-order valence-electron chi connectivity index (χ2n) is 6.07. The van der Waals surface area contributed by atoms with Gasteiger partial charge >= 0.3 is 0 Å². The minimum atomic E-state index is -1.61. The molecule has 130 valence electrons. The largest absolute Gasteiger partial charge is 0.394 e. The second-order valence-corrected chi connectivity index (χ2v) is 6.07. The van der Waals surface area contributed by atoms with E-state index in [9.17, 15) is 20.4 Å². The fourth-order valence-corrected chi connectivity index (χ4v) is 2.55. The molecule has 0 aliphatic rings. The third-order valence-electron chi connectivity index (χ3n) is 4.08. The first-order chi connectivity index (χ1) is 11.4. The molecule has 4 atom stereocenters. The second kappa shape index (κ2) is 8.37. The lowest BCUT2D eigenvalue weighted by atomic mass is 9.95. The van der Waals surface area contributed by atoms with Crippen LogP contribution in [0.3, 0.4) is 0 Å². The van der Waals surface area contributed by atoms with Crippen LogP contribution < -0.4 is 0 Å². The molecule has 5 N–H and O–H groups in total. The molecule has 0 saturated heterocycles. The van der Waals surface area contributed by atoms with Gasteiger partial charge in [-0.3, -0.25) is 0 Å². The molecule has 24 heavy (non-hydrogen) atoms. The van der Waals surface area contributed by atoms with Crippen LogP contribution in [-0.2, 0) is 6.42 Å². The molecule has 2 aromatic rings. The number of aliphatic hydroxyl groups is 5. The van der Waals surface area contributed by atoms with Crippen molar-refractivity contribution in [2.24, 2.45) is 0 Å². The molecule has 0 fully saturated rings. The summed E-state index contributed by atoms with van der Waals surface area (Å²) in [5.41, 5.74) is 4.01. The lowest BCUT2D eigenvalue weighted by Crippen LogP contribution is -2.46. The predicted molar refractivity (Wildman–Crippen MR) is 91.4 cm³/mol. The summed E-state index contributed by atoms with van der Waals surface area (Å²) < 4.78 is 0. The number of hydrogen-bond donors (Lipinski definition) is 5. The third kappa shape index (κ3) is 4.63. The molecule has 0 spiro atoms. The van der Waals surface area contributed by atoms with Gasteiger partial charge in [0.15, 0.2) is 0 Å². The minimum Gasteiger partial charge on any atom is -0.394 e. The fraction of sp³-hybridized carbons (Fsp3) is 0.368. The van der Waals surface area contributed by atoms with Crippen molar-refractivity contribution in [2.45, 2.75) is 37.8 Å². The highest BCUT2D eigenvalue weighted by Crippen LogP contribution is 2.22. The first-order valence-corrected chi connectivity index (χ1v) is 7.91. The summed E-state index contributed by atoms with van der Waals surface area (Å²) >= 11 is 0. The summed E-state index contributed by atoms with van der Waals surface area (Å²) in [7, 11) is 0. The molecule has 0 aromatic heterocycles. The quantitative estimate of drug-likeness (QED) is 0.512. The highest BCUT2D eigenvalue weighted by Gasteiger charge is 2.29. The van der Waals surface area contributed by atoms with Crippen LogP contribution in [0.1, 0.15) is 11.1 Å². The van der Waals surface area contributed by atoms with Crippen LogP contribution >= 0.6 is 0 Å². The Morgan fingerprint density at radius 3 is 2.04 bits per heavy atom. The van der Waals surface area contributed by atoms with Crippen LogP contribution in [0.15, 0.2) is 48.5 Å². The molecule has 0 aliphatic carbocycles. The van der Waals surface area contributed by atoms with Gasteiger partial charge in [0, 0.05) is 6.42 Å². The summed E-state index contributed by atoms with van der Waals surface area (Å²) in [6.07, 6.45) is -5.78. The Morgan fingerprint density at radius 2 is 1.42 bits per heavy atom. The summed E-state index contributed by atoms with van der Waals surface area (Å²) in [6, 6.07) is 15.6. The van der Waals surface area contributed by atoms with E-state index in [1.807, 2.05) is 55.5 Å². The van der Waals surface area contributed by atoms with Gasteiger partial charge in [-0.25, -0.2) is 0 Å². The molecule has 5 heteroatoms. The van der Waals surface area contributed by atoms with Gasteiger partial charge in [-0.1, -0.05) is 54.1 Å². The van der Waals surface area contributed by atoms with Crippen molar-refractivity contribution >= 4 is 0 Å². The number of rotatable bonds is 7. The Kier molecular flexibility index (Phi) is 6.48. The van der Waals surface area contributed by atoms with Gasteiger partial charge in [-0.2, -0.15) is 0 Å². The van der Waals surface area contributed by atoms with Crippen molar-refractivity contribution in [3.63, 3.8) is 0 Å². The molecule has 0 bridgehead atoms. The number of aliphatic hydroxyl groups excluding tert-OH is 5. The van der Waals surface area contributed by atoms with Crippen LogP contribution in [-0.4, -0.2) is 56.6 Å². The Labute approximate surface area is 141 Å². The SMILES string of the molecule is Cc1ccc(-c2cccc(CC(O)C(O)C(O)C(O)CO)c2)cc1. The lowest BCUT2D eigenvalue weighted by molar-refractivity contribution is -0.114. The number of hydrogen-bond acceptors (Lipinski definition) is 5. The van der Waals surface area contributed by atoms with Gasteiger partial charge in [0.05, 0.1) is 12.7 Å². The zero-order chi connectivity index (χ0) is 17.7. The number of aryl methyl sites for hydroxylation is 1. The molecule has 0 heterocycles. The normalized spacial score (nSPS) is 16.4. The van der Waals surface area contributed by atoms with E-state index in [0.29, 0.717) is 0 Å². The highest BCUT2D eigenvalue weighted by molar-refractivity contribution is 5.64. The molecule has 0 amide bonds. The summed E-state index contributed by atoms with van der Waals surface area (Å²) in [5.74, 6) is 0. The average Bonchev–Trinajstić information content (AvgIpc) is 2.60. The van der Waals surface area contributed by atoms with Gasteiger partial charge in [-0.15, -0.1) is 0 Å². The van der Waals surface area contributed by atoms with Crippen LogP contribution in [0.25, 0.3) is 11.1 Å². The van der Waals surface area contributed by atoms with Crippen molar-refractivity contribution in [1.82, 2.24) is 0 Å². The molecule has 0 radical (unpaired) electrons.